The van der Waals surface area contributed by atoms with E-state index in [0.29, 0.717) is 41.4 Å². The minimum Gasteiger partial charge on any atom is -0.493 e. The third kappa shape index (κ3) is 5.00. The van der Waals surface area contributed by atoms with E-state index in [1.165, 1.54) is 12.1 Å². The van der Waals surface area contributed by atoms with E-state index in [1.54, 1.807) is 40.6 Å². The monoisotopic (exact) mass is 601 g/mol. The van der Waals surface area contributed by atoms with Gasteiger partial charge in [0.2, 0.25) is 0 Å². The van der Waals surface area contributed by atoms with Gasteiger partial charge in [-0.2, -0.15) is 5.26 Å². The number of carbonyl (C=O) groups is 1. The third-order valence-corrected chi connectivity index (χ3v) is 9.38. The normalized spacial score (nSPS) is 23.8. The zero-order valence-corrected chi connectivity index (χ0v) is 25.5. The van der Waals surface area contributed by atoms with Gasteiger partial charge in [-0.1, -0.05) is 12.1 Å². The standard InChI is InChI=1S/C34H36FN3O6/c1-37-25-11-21-14-30(41-3)32(43-5)16-24(21)34(37)26-12-20-13-29(40-2)31(42-4)15-23(20)28(38(26)27(25)17-36)18-44-33(39)10-19-6-8-22(35)9-7-19/h6-9,13-16,25-28,34H,10-12,18H2,1-5H3/t25-,26-,27-,28-,34+/m0/s1. The Balaban J connectivity index is 1.42. The zero-order chi connectivity index (χ0) is 31.1. The highest BCUT2D eigenvalue weighted by molar-refractivity contribution is 5.72. The summed E-state index contributed by atoms with van der Waals surface area (Å²) >= 11 is 0. The van der Waals surface area contributed by atoms with Crippen LogP contribution in [0.4, 0.5) is 4.39 Å². The van der Waals surface area contributed by atoms with Gasteiger partial charge in [0.1, 0.15) is 18.5 Å². The molecule has 3 heterocycles. The minimum atomic E-state index is -0.482. The van der Waals surface area contributed by atoms with Gasteiger partial charge in [0.15, 0.2) is 23.0 Å². The lowest BCUT2D eigenvalue weighted by atomic mass is 9.72. The van der Waals surface area contributed by atoms with Crippen molar-refractivity contribution >= 4 is 5.97 Å². The number of methoxy groups -OCH3 is 4. The van der Waals surface area contributed by atoms with Crippen LogP contribution in [0.3, 0.4) is 0 Å². The molecule has 0 N–H and O–H groups in total. The lowest BCUT2D eigenvalue weighted by Crippen LogP contribution is -2.68. The predicted octanol–water partition coefficient (Wildman–Crippen LogP) is 4.42. The maximum atomic E-state index is 13.4. The first kappa shape index (κ1) is 29.7. The van der Waals surface area contributed by atoms with Crippen molar-refractivity contribution in [3.63, 3.8) is 0 Å². The predicted molar refractivity (Wildman–Crippen MR) is 160 cm³/mol. The van der Waals surface area contributed by atoms with Gasteiger partial charge in [-0.05, 0) is 84.1 Å². The first-order chi connectivity index (χ1) is 21.3. The highest BCUT2D eigenvalue weighted by Gasteiger charge is 2.54. The highest BCUT2D eigenvalue weighted by Crippen LogP contribution is 2.52. The number of nitrogens with zero attached hydrogens (tertiary/aromatic N) is 3. The molecule has 2 bridgehead atoms. The summed E-state index contributed by atoms with van der Waals surface area (Å²) in [5.41, 5.74) is 4.90. The topological polar surface area (TPSA) is 93.5 Å². The Bertz CT molecular complexity index is 1610. The van der Waals surface area contributed by atoms with Gasteiger partial charge in [0.25, 0.3) is 0 Å². The number of fused-ring (bicyclic) bond motifs is 7. The Morgan fingerprint density at radius 1 is 0.864 bits per heavy atom. The van der Waals surface area contributed by atoms with Crippen LogP contribution >= 0.6 is 0 Å². The first-order valence-corrected chi connectivity index (χ1v) is 14.6. The maximum Gasteiger partial charge on any atom is 0.310 e. The Morgan fingerprint density at radius 2 is 1.41 bits per heavy atom. The molecule has 3 aliphatic rings. The average Bonchev–Trinajstić information content (AvgIpc) is 3.03. The summed E-state index contributed by atoms with van der Waals surface area (Å²) in [7, 11) is 8.53. The Kier molecular flexibility index (Phi) is 8.10. The lowest BCUT2D eigenvalue weighted by Gasteiger charge is -2.59. The number of halogens is 1. The van der Waals surface area contributed by atoms with Crippen molar-refractivity contribution in [1.82, 2.24) is 9.80 Å². The summed E-state index contributed by atoms with van der Waals surface area (Å²) < 4.78 is 42.0. The van der Waals surface area contributed by atoms with Gasteiger partial charge in [0.05, 0.1) is 53.0 Å². The van der Waals surface area contributed by atoms with Crippen LogP contribution in [0.25, 0.3) is 0 Å². The van der Waals surface area contributed by atoms with Crippen LogP contribution in [-0.4, -0.2) is 76.0 Å². The Labute approximate surface area is 256 Å². The highest BCUT2D eigenvalue weighted by atomic mass is 19.1. The summed E-state index contributed by atoms with van der Waals surface area (Å²) in [5.74, 6) is 1.71. The van der Waals surface area contributed by atoms with Gasteiger partial charge in [-0.25, -0.2) is 4.39 Å². The van der Waals surface area contributed by atoms with Gasteiger partial charge in [-0.3, -0.25) is 14.6 Å². The van der Waals surface area contributed by atoms with Crippen LogP contribution in [-0.2, 0) is 28.8 Å². The van der Waals surface area contributed by atoms with Crippen LogP contribution < -0.4 is 18.9 Å². The molecular formula is C34H36FN3O6. The molecule has 230 valence electrons. The quantitative estimate of drug-likeness (QED) is 0.348. The molecule has 0 amide bonds. The number of hydrogen-bond donors (Lipinski definition) is 0. The van der Waals surface area contributed by atoms with Crippen LogP contribution in [0.2, 0.25) is 0 Å². The number of nitriles is 1. The van der Waals surface area contributed by atoms with E-state index in [4.69, 9.17) is 23.7 Å². The average molecular weight is 602 g/mol. The minimum absolute atomic E-state index is 0.0138. The number of carbonyl (C=O) groups excluding carboxylic acids is 1. The van der Waals surface area contributed by atoms with Crippen molar-refractivity contribution in [3.05, 3.63) is 82.2 Å². The molecule has 10 heteroatoms. The molecule has 3 aromatic carbocycles. The maximum absolute atomic E-state index is 13.4. The van der Waals surface area contributed by atoms with Crippen LogP contribution in [0.15, 0.2) is 48.5 Å². The number of likely N-dealkylation sites (N-methyl/N-ethyl adjacent to an activating group) is 1. The van der Waals surface area contributed by atoms with E-state index in [2.05, 4.69) is 29.0 Å². The lowest BCUT2D eigenvalue weighted by molar-refractivity contribution is -0.148. The van der Waals surface area contributed by atoms with E-state index in [0.717, 1.165) is 22.3 Å². The molecule has 6 rings (SSSR count). The molecule has 0 saturated carbocycles. The molecule has 0 aliphatic carbocycles. The first-order valence-electron chi connectivity index (χ1n) is 14.6. The Morgan fingerprint density at radius 3 is 2.00 bits per heavy atom. The fraction of sp³-hybridized carbons (Fsp3) is 0.412. The molecule has 0 aromatic heterocycles. The second-order valence-electron chi connectivity index (χ2n) is 11.5. The molecule has 0 radical (unpaired) electrons. The molecule has 44 heavy (non-hydrogen) atoms. The SMILES string of the molecule is COc1cc2c(cc1OC)[C@@H]1[C@@H]3Cc4cc(OC)c(OC)cc4[C@H](COC(=O)Cc4ccc(F)cc4)N3[C@@H](C#N)[C@H](C2)N1C. The molecular weight excluding hydrogens is 565 g/mol. The van der Waals surface area contributed by atoms with Crippen LogP contribution in [0.5, 0.6) is 23.0 Å². The van der Waals surface area contributed by atoms with Gasteiger partial charge >= 0.3 is 5.97 Å². The van der Waals surface area contributed by atoms with Gasteiger partial charge in [-0.15, -0.1) is 0 Å². The van der Waals surface area contributed by atoms with Crippen molar-refractivity contribution in [3.8, 4) is 29.1 Å². The molecule has 0 spiro atoms. The third-order valence-electron chi connectivity index (χ3n) is 9.38. The molecule has 0 unspecified atom stereocenters. The van der Waals surface area contributed by atoms with E-state index in [9.17, 15) is 14.4 Å². The van der Waals surface area contributed by atoms with E-state index in [1.807, 2.05) is 18.2 Å². The number of benzene rings is 3. The van der Waals surface area contributed by atoms with E-state index in [-0.39, 0.29) is 37.0 Å². The number of ether oxygens (including phenoxy) is 5. The summed E-state index contributed by atoms with van der Waals surface area (Å²) in [6, 6.07) is 15.3. The molecule has 3 aliphatic heterocycles. The fourth-order valence-electron chi connectivity index (χ4n) is 7.34. The summed E-state index contributed by atoms with van der Waals surface area (Å²) in [6.07, 6.45) is 1.31. The molecule has 1 fully saturated rings. The summed E-state index contributed by atoms with van der Waals surface area (Å²) in [4.78, 5) is 17.6. The van der Waals surface area contributed by atoms with E-state index < -0.39 is 18.1 Å². The number of hydrogen-bond acceptors (Lipinski definition) is 9. The summed E-state index contributed by atoms with van der Waals surface area (Å²) in [5, 5.41) is 10.7. The fourth-order valence-corrected chi connectivity index (χ4v) is 7.34. The molecule has 1 saturated heterocycles. The largest absolute Gasteiger partial charge is 0.493 e. The van der Waals surface area contributed by atoms with Crippen molar-refractivity contribution in [2.24, 2.45) is 0 Å². The Hall–Kier alpha value is -4.33. The number of piperazine rings is 1. The second-order valence-corrected chi connectivity index (χ2v) is 11.5. The zero-order valence-electron chi connectivity index (χ0n) is 25.5. The summed E-state index contributed by atoms with van der Waals surface area (Å²) in [6.45, 7) is 0.0408. The van der Waals surface area contributed by atoms with Crippen molar-refractivity contribution in [2.75, 3.05) is 42.1 Å². The number of esters is 1. The molecule has 3 aromatic rings. The van der Waals surface area contributed by atoms with Crippen LogP contribution in [0, 0.1) is 17.1 Å². The van der Waals surface area contributed by atoms with E-state index >= 15 is 0 Å². The number of rotatable bonds is 8. The van der Waals surface area contributed by atoms with Crippen molar-refractivity contribution < 1.29 is 32.9 Å². The van der Waals surface area contributed by atoms with Gasteiger partial charge in [0, 0.05) is 12.1 Å². The van der Waals surface area contributed by atoms with Crippen molar-refractivity contribution in [2.45, 2.75) is 49.5 Å². The van der Waals surface area contributed by atoms with Crippen LogP contribution in [0.1, 0.15) is 39.9 Å². The van der Waals surface area contributed by atoms with Crippen molar-refractivity contribution in [1.29, 1.82) is 5.26 Å². The molecule has 5 atom stereocenters. The molecule has 9 nitrogen and oxygen atoms in total. The second kappa shape index (κ2) is 12.0. The van der Waals surface area contributed by atoms with Gasteiger partial charge < -0.3 is 23.7 Å². The smallest absolute Gasteiger partial charge is 0.310 e.